The molecule has 5 fully saturated rings. The minimum absolute atomic E-state index is 0.00112. The zero-order valence-corrected chi connectivity index (χ0v) is 22.5. The van der Waals surface area contributed by atoms with Gasteiger partial charge in [0.15, 0.2) is 6.29 Å². The zero-order valence-electron chi connectivity index (χ0n) is 22.5. The van der Waals surface area contributed by atoms with Crippen LogP contribution >= 0.6 is 0 Å². The molecule has 6 rings (SSSR count). The second kappa shape index (κ2) is 9.50. The van der Waals surface area contributed by atoms with Crippen LogP contribution in [0.3, 0.4) is 0 Å². The van der Waals surface area contributed by atoms with Crippen molar-refractivity contribution in [1.82, 2.24) is 0 Å². The van der Waals surface area contributed by atoms with Crippen LogP contribution in [0.25, 0.3) is 0 Å². The summed E-state index contributed by atoms with van der Waals surface area (Å²) in [7, 11) is 0. The summed E-state index contributed by atoms with van der Waals surface area (Å²) in [5.41, 5.74) is 0.225. The quantitative estimate of drug-likeness (QED) is 0.337. The number of fused-ring (bicyclic) bond motifs is 5. The van der Waals surface area contributed by atoms with Crippen LogP contribution in [0.5, 0.6) is 0 Å². The highest BCUT2D eigenvalue weighted by Gasteiger charge is 2.67. The van der Waals surface area contributed by atoms with Gasteiger partial charge in [-0.2, -0.15) is 0 Å². The summed E-state index contributed by atoms with van der Waals surface area (Å²) in [6, 6.07) is 0. The summed E-state index contributed by atoms with van der Waals surface area (Å²) >= 11 is 0. The third-order valence-electron chi connectivity index (χ3n) is 12.1. The van der Waals surface area contributed by atoms with Gasteiger partial charge in [-0.3, -0.25) is 0 Å². The Bertz CT molecular complexity index is 970. The van der Waals surface area contributed by atoms with Crippen molar-refractivity contribution in [2.24, 2.45) is 34.5 Å². The SMILES string of the molecule is C[C@]12CC[C@H](OC[C@H]3O[C@H](O)[C@H](O)[C@@H](O)[C@@H]3O)CC1CC[C@@H]1[C@@H]2CC[C@]2(C)[C@H](C3=CC(=O)OC3)CC[C@@]12O. The molecule has 38 heavy (non-hydrogen) atoms. The van der Waals surface area contributed by atoms with Gasteiger partial charge in [-0.15, -0.1) is 0 Å². The molecule has 0 aromatic carbocycles. The van der Waals surface area contributed by atoms with Gasteiger partial charge in [0.1, 0.15) is 31.0 Å². The van der Waals surface area contributed by atoms with Crippen LogP contribution in [0, 0.1) is 34.5 Å². The monoisotopic (exact) mass is 536 g/mol. The van der Waals surface area contributed by atoms with Gasteiger partial charge in [0.25, 0.3) is 0 Å². The summed E-state index contributed by atoms with van der Waals surface area (Å²) in [5, 5.41) is 52.1. The molecule has 6 aliphatic rings. The normalized spacial score (nSPS) is 54.5. The van der Waals surface area contributed by atoms with Crippen LogP contribution in [0.2, 0.25) is 0 Å². The van der Waals surface area contributed by atoms with E-state index in [4.69, 9.17) is 14.2 Å². The molecule has 13 atom stereocenters. The van der Waals surface area contributed by atoms with E-state index in [0.717, 1.165) is 63.4 Å². The molecule has 0 bridgehead atoms. The molecular formula is C29H44O9. The van der Waals surface area contributed by atoms with Gasteiger partial charge in [-0.25, -0.2) is 4.79 Å². The molecule has 4 saturated carbocycles. The Morgan fingerprint density at radius 2 is 1.74 bits per heavy atom. The fourth-order valence-corrected chi connectivity index (χ4v) is 9.82. The Morgan fingerprint density at radius 3 is 2.47 bits per heavy atom. The van der Waals surface area contributed by atoms with Crippen LogP contribution in [-0.4, -0.2) is 87.1 Å². The third-order valence-corrected chi connectivity index (χ3v) is 12.1. The van der Waals surface area contributed by atoms with E-state index in [2.05, 4.69) is 13.8 Å². The average molecular weight is 537 g/mol. The third kappa shape index (κ3) is 3.95. The van der Waals surface area contributed by atoms with Crippen LogP contribution in [0.1, 0.15) is 71.6 Å². The van der Waals surface area contributed by atoms with E-state index < -0.39 is 36.3 Å². The van der Waals surface area contributed by atoms with E-state index in [9.17, 15) is 30.3 Å². The molecule has 1 saturated heterocycles. The molecule has 5 N–H and O–H groups in total. The molecule has 2 aliphatic heterocycles. The number of ether oxygens (including phenoxy) is 3. The molecule has 214 valence electrons. The number of aliphatic hydroxyl groups is 5. The van der Waals surface area contributed by atoms with Crippen LogP contribution in [0.15, 0.2) is 11.6 Å². The first-order valence-corrected chi connectivity index (χ1v) is 14.6. The van der Waals surface area contributed by atoms with Gasteiger partial charge in [-0.05, 0) is 92.4 Å². The zero-order chi connectivity index (χ0) is 27.0. The second-order valence-electron chi connectivity index (χ2n) is 13.6. The van der Waals surface area contributed by atoms with E-state index in [1.165, 1.54) is 0 Å². The highest BCUT2D eigenvalue weighted by atomic mass is 16.6. The first-order valence-electron chi connectivity index (χ1n) is 14.6. The van der Waals surface area contributed by atoms with Gasteiger partial charge in [0, 0.05) is 11.5 Å². The summed E-state index contributed by atoms with van der Waals surface area (Å²) < 4.78 is 16.7. The Hall–Kier alpha value is -1.07. The Kier molecular flexibility index (Phi) is 6.78. The molecule has 2 heterocycles. The van der Waals surface area contributed by atoms with Crippen LogP contribution < -0.4 is 0 Å². The fraction of sp³-hybridized carbons (Fsp3) is 0.897. The molecule has 0 radical (unpaired) electrons. The lowest BCUT2D eigenvalue weighted by atomic mass is 9.43. The number of carbonyl (C=O) groups excluding carboxylic acids is 1. The number of hydrogen-bond acceptors (Lipinski definition) is 9. The second-order valence-corrected chi connectivity index (χ2v) is 13.6. The molecule has 0 aromatic heterocycles. The first kappa shape index (κ1) is 27.1. The number of carbonyl (C=O) groups is 1. The number of cyclic esters (lactones) is 1. The summed E-state index contributed by atoms with van der Waals surface area (Å²) in [6.45, 7) is 5.07. The van der Waals surface area contributed by atoms with Crippen molar-refractivity contribution < 1.29 is 44.5 Å². The van der Waals surface area contributed by atoms with E-state index in [0.29, 0.717) is 18.4 Å². The van der Waals surface area contributed by atoms with Crippen molar-refractivity contribution in [3.05, 3.63) is 11.6 Å². The molecule has 1 unspecified atom stereocenters. The van der Waals surface area contributed by atoms with E-state index in [1.807, 2.05) is 0 Å². The molecule has 0 aromatic rings. The lowest BCUT2D eigenvalue weighted by Gasteiger charge is -2.63. The topological polar surface area (TPSA) is 146 Å². The number of aliphatic hydroxyl groups excluding tert-OH is 4. The molecule has 0 spiro atoms. The maximum atomic E-state index is 12.4. The molecule has 9 heteroatoms. The van der Waals surface area contributed by atoms with Crippen molar-refractivity contribution in [3.63, 3.8) is 0 Å². The van der Waals surface area contributed by atoms with Crippen molar-refractivity contribution in [2.45, 2.75) is 114 Å². The van der Waals surface area contributed by atoms with Crippen molar-refractivity contribution >= 4 is 5.97 Å². The van der Waals surface area contributed by atoms with Crippen molar-refractivity contribution in [1.29, 1.82) is 0 Å². The Labute approximate surface area is 224 Å². The number of hydrogen-bond donors (Lipinski definition) is 5. The molecule has 4 aliphatic carbocycles. The number of rotatable bonds is 4. The smallest absolute Gasteiger partial charge is 0.331 e. The average Bonchev–Trinajstić information content (AvgIpc) is 3.43. The van der Waals surface area contributed by atoms with Gasteiger partial charge in [0.05, 0.1) is 18.3 Å². The highest BCUT2D eigenvalue weighted by molar-refractivity contribution is 5.85. The maximum absolute atomic E-state index is 12.4. The first-order chi connectivity index (χ1) is 18.0. The standard InChI is InChI=1S/C29H44O9/c1-27-8-5-17(36-14-21-23(31)24(32)25(33)26(34)38-21)12-16(27)3-4-20-19(27)6-9-28(2)18(7-10-29(20,28)35)15-11-22(30)37-13-15/h11,16-21,23-26,31-35H,3-10,12-14H2,1-2H3/t16?,17-,18-,19-,20+,21+,23+,24-,25+,26-,27-,28+,29+/m0/s1. The molecule has 9 nitrogen and oxygen atoms in total. The Morgan fingerprint density at radius 1 is 0.947 bits per heavy atom. The van der Waals surface area contributed by atoms with E-state index >= 15 is 0 Å². The lowest BCUT2D eigenvalue weighted by molar-refractivity contribution is -0.291. The molecule has 0 amide bonds. The van der Waals surface area contributed by atoms with E-state index in [1.54, 1.807) is 6.08 Å². The highest BCUT2D eigenvalue weighted by Crippen LogP contribution is 2.70. The molecular weight excluding hydrogens is 492 g/mol. The predicted octanol–water partition coefficient (Wildman–Crippen LogP) is 1.43. The van der Waals surface area contributed by atoms with Gasteiger partial charge >= 0.3 is 5.97 Å². The number of esters is 1. The minimum atomic E-state index is -1.55. The summed E-state index contributed by atoms with van der Waals surface area (Å²) in [6.07, 6.45) is 3.40. The van der Waals surface area contributed by atoms with Crippen molar-refractivity contribution in [2.75, 3.05) is 13.2 Å². The van der Waals surface area contributed by atoms with Gasteiger partial charge in [0.2, 0.25) is 0 Å². The largest absolute Gasteiger partial charge is 0.458 e. The summed E-state index contributed by atoms with van der Waals surface area (Å²) in [5.74, 6) is 1.12. The van der Waals surface area contributed by atoms with Crippen LogP contribution in [0.4, 0.5) is 0 Å². The fourth-order valence-electron chi connectivity index (χ4n) is 9.82. The van der Waals surface area contributed by atoms with Crippen LogP contribution in [-0.2, 0) is 19.0 Å². The maximum Gasteiger partial charge on any atom is 0.331 e. The predicted molar refractivity (Wildman–Crippen MR) is 134 cm³/mol. The van der Waals surface area contributed by atoms with Crippen molar-refractivity contribution in [3.8, 4) is 0 Å². The van der Waals surface area contributed by atoms with Gasteiger partial charge in [-0.1, -0.05) is 13.8 Å². The Balaban J connectivity index is 1.12. The van der Waals surface area contributed by atoms with E-state index in [-0.39, 0.29) is 41.3 Å². The summed E-state index contributed by atoms with van der Waals surface area (Å²) in [4.78, 5) is 11.8. The minimum Gasteiger partial charge on any atom is -0.458 e. The lowest BCUT2D eigenvalue weighted by Crippen LogP contribution is -2.62. The van der Waals surface area contributed by atoms with Gasteiger partial charge < -0.3 is 39.7 Å².